The zero-order chi connectivity index (χ0) is 8.15. The molecule has 58 valence electrons. The lowest BCUT2D eigenvalue weighted by atomic mass is 10.2. The third kappa shape index (κ3) is 2.72. The van der Waals surface area contributed by atoms with Crippen molar-refractivity contribution >= 4 is 23.6 Å². The molecular weight excluding hydrogens is 154 g/mol. The second-order valence-corrected chi connectivity index (χ2v) is 2.66. The maximum absolute atomic E-state index is 10.4. The Morgan fingerprint density at radius 2 is 2.20 bits per heavy atom. The number of carbonyl (C=O) groups excluding carboxylic acids is 1. The van der Waals surface area contributed by atoms with Crippen LogP contribution in [0.5, 0.6) is 0 Å². The third-order valence-corrected chi connectivity index (χ3v) is 1.64. The van der Waals surface area contributed by atoms with Crippen molar-refractivity contribution in [3.8, 4) is 0 Å². The van der Waals surface area contributed by atoms with Gasteiger partial charge in [-0.05, 0) is 6.26 Å². The Bertz CT molecular complexity index is 134. The highest BCUT2D eigenvalue weighted by atomic mass is 32.2. The molecule has 0 saturated heterocycles. The molecule has 0 heterocycles. The van der Waals surface area contributed by atoms with Gasteiger partial charge in [-0.3, -0.25) is 9.59 Å². The largest absolute Gasteiger partial charge is 0.481 e. The number of rotatable bonds is 4. The van der Waals surface area contributed by atoms with E-state index in [1.165, 1.54) is 11.8 Å². The molecule has 0 radical (unpaired) electrons. The van der Waals surface area contributed by atoms with Gasteiger partial charge in [-0.1, -0.05) is 0 Å². The van der Waals surface area contributed by atoms with Gasteiger partial charge < -0.3 is 10.8 Å². The molecular formula is C5H9NO3S. The molecule has 3 N–H and O–H groups in total. The van der Waals surface area contributed by atoms with E-state index in [4.69, 9.17) is 10.8 Å². The molecule has 0 fully saturated rings. The molecule has 0 aromatic rings. The van der Waals surface area contributed by atoms with Crippen LogP contribution < -0.4 is 5.73 Å². The minimum Gasteiger partial charge on any atom is -0.481 e. The first-order chi connectivity index (χ1) is 4.59. The van der Waals surface area contributed by atoms with E-state index in [9.17, 15) is 9.59 Å². The van der Waals surface area contributed by atoms with Crippen molar-refractivity contribution in [2.45, 2.75) is 0 Å². The predicted molar refractivity (Wildman–Crippen MR) is 38.7 cm³/mol. The minimum atomic E-state index is -1.15. The zero-order valence-corrected chi connectivity index (χ0v) is 6.35. The highest BCUT2D eigenvalue weighted by Gasteiger charge is 2.22. The van der Waals surface area contributed by atoms with Gasteiger partial charge in [0.05, 0.1) is 0 Å². The number of hydrogen-bond acceptors (Lipinski definition) is 3. The number of aliphatic carboxylic acids is 1. The number of thioether (sulfide) groups is 1. The van der Waals surface area contributed by atoms with Gasteiger partial charge in [0.2, 0.25) is 5.91 Å². The van der Waals surface area contributed by atoms with Crippen molar-refractivity contribution in [2.24, 2.45) is 11.7 Å². The summed E-state index contributed by atoms with van der Waals surface area (Å²) in [6.45, 7) is 0. The average molecular weight is 163 g/mol. The maximum Gasteiger partial charge on any atom is 0.316 e. The van der Waals surface area contributed by atoms with Crippen molar-refractivity contribution < 1.29 is 14.7 Å². The first kappa shape index (κ1) is 9.29. The maximum atomic E-state index is 10.4. The Labute approximate surface area is 62.8 Å². The smallest absolute Gasteiger partial charge is 0.316 e. The normalized spacial score (nSPS) is 12.5. The molecule has 0 aliphatic rings. The molecule has 0 aliphatic heterocycles. The highest BCUT2D eigenvalue weighted by molar-refractivity contribution is 7.98. The van der Waals surface area contributed by atoms with E-state index in [0.29, 0.717) is 0 Å². The standard InChI is InChI=1S/C5H9NO3S/c1-10-2-3(4(6)7)5(8)9/h3H,2H2,1H3,(H2,6,7)(H,8,9). The Morgan fingerprint density at radius 3 is 2.30 bits per heavy atom. The summed E-state index contributed by atoms with van der Waals surface area (Å²) in [5, 5.41) is 8.36. The second kappa shape index (κ2) is 4.16. The average Bonchev–Trinajstić information content (AvgIpc) is 1.81. The van der Waals surface area contributed by atoms with E-state index in [1.54, 1.807) is 6.26 Å². The molecule has 0 bridgehead atoms. The number of carboxylic acid groups (broad SMARTS) is 1. The fourth-order valence-corrected chi connectivity index (χ4v) is 1.08. The fourth-order valence-electron chi connectivity index (χ4n) is 0.442. The summed E-state index contributed by atoms with van der Waals surface area (Å²) < 4.78 is 0. The number of hydrogen-bond donors (Lipinski definition) is 2. The minimum absolute atomic E-state index is 0.241. The summed E-state index contributed by atoms with van der Waals surface area (Å²) in [4.78, 5) is 20.6. The van der Waals surface area contributed by atoms with Crippen LogP contribution in [-0.4, -0.2) is 29.0 Å². The molecule has 4 nitrogen and oxygen atoms in total. The van der Waals surface area contributed by atoms with Gasteiger partial charge in [0.1, 0.15) is 5.92 Å². The first-order valence-corrected chi connectivity index (χ1v) is 4.00. The van der Waals surface area contributed by atoms with Crippen molar-refractivity contribution in [2.75, 3.05) is 12.0 Å². The van der Waals surface area contributed by atoms with Gasteiger partial charge in [-0.15, -0.1) is 0 Å². The number of amides is 1. The second-order valence-electron chi connectivity index (χ2n) is 1.75. The van der Waals surface area contributed by atoms with Crippen LogP contribution in [0.15, 0.2) is 0 Å². The fraction of sp³-hybridized carbons (Fsp3) is 0.600. The number of carbonyl (C=O) groups is 2. The molecule has 10 heavy (non-hydrogen) atoms. The molecule has 0 spiro atoms. The van der Waals surface area contributed by atoms with Crippen molar-refractivity contribution in [1.29, 1.82) is 0 Å². The summed E-state index contributed by atoms with van der Waals surface area (Å²) in [6, 6.07) is 0. The van der Waals surface area contributed by atoms with Gasteiger partial charge in [0.25, 0.3) is 0 Å². The van der Waals surface area contributed by atoms with Crippen LogP contribution in [0.2, 0.25) is 0 Å². The monoisotopic (exact) mass is 163 g/mol. The van der Waals surface area contributed by atoms with E-state index >= 15 is 0 Å². The van der Waals surface area contributed by atoms with E-state index in [-0.39, 0.29) is 5.75 Å². The summed E-state index contributed by atoms with van der Waals surface area (Å²) in [6.07, 6.45) is 1.72. The molecule has 0 rings (SSSR count). The van der Waals surface area contributed by atoms with Crippen LogP contribution in [0.25, 0.3) is 0 Å². The van der Waals surface area contributed by atoms with Gasteiger partial charge in [-0.2, -0.15) is 11.8 Å². The summed E-state index contributed by atoms with van der Waals surface area (Å²) in [7, 11) is 0. The lowest BCUT2D eigenvalue weighted by Crippen LogP contribution is -2.31. The van der Waals surface area contributed by atoms with Gasteiger partial charge in [0.15, 0.2) is 0 Å². The molecule has 1 amide bonds. The molecule has 0 aromatic heterocycles. The number of nitrogens with two attached hydrogens (primary N) is 1. The van der Waals surface area contributed by atoms with Crippen LogP contribution in [0, 0.1) is 5.92 Å². The van der Waals surface area contributed by atoms with Crippen molar-refractivity contribution in [1.82, 2.24) is 0 Å². The number of carboxylic acids is 1. The molecule has 0 aliphatic carbocycles. The third-order valence-electron chi connectivity index (χ3n) is 0.975. The van der Waals surface area contributed by atoms with E-state index in [0.717, 1.165) is 0 Å². The topological polar surface area (TPSA) is 80.4 Å². The van der Waals surface area contributed by atoms with Gasteiger partial charge >= 0.3 is 5.97 Å². The Hall–Kier alpha value is -0.710. The molecule has 5 heteroatoms. The molecule has 1 atom stereocenters. The van der Waals surface area contributed by atoms with E-state index in [1.807, 2.05) is 0 Å². The Kier molecular flexibility index (Phi) is 3.87. The Morgan fingerprint density at radius 1 is 1.70 bits per heavy atom. The summed E-state index contributed by atoms with van der Waals surface area (Å²) in [5.74, 6) is -2.73. The predicted octanol–water partition coefficient (Wildman–Crippen LogP) is -0.465. The first-order valence-electron chi connectivity index (χ1n) is 2.60. The van der Waals surface area contributed by atoms with Crippen molar-refractivity contribution in [3.05, 3.63) is 0 Å². The Balaban J connectivity index is 3.98. The van der Waals surface area contributed by atoms with Crippen LogP contribution in [-0.2, 0) is 9.59 Å². The molecule has 0 saturated carbocycles. The highest BCUT2D eigenvalue weighted by Crippen LogP contribution is 2.04. The summed E-state index contributed by atoms with van der Waals surface area (Å²) in [5.41, 5.74) is 4.79. The van der Waals surface area contributed by atoms with E-state index < -0.39 is 17.8 Å². The lowest BCUT2D eigenvalue weighted by Gasteiger charge is -2.03. The summed E-state index contributed by atoms with van der Waals surface area (Å²) >= 11 is 1.28. The van der Waals surface area contributed by atoms with Crippen molar-refractivity contribution in [3.63, 3.8) is 0 Å². The van der Waals surface area contributed by atoms with Crippen LogP contribution in [0.1, 0.15) is 0 Å². The zero-order valence-electron chi connectivity index (χ0n) is 5.53. The molecule has 1 unspecified atom stereocenters. The van der Waals surface area contributed by atoms with Crippen LogP contribution in [0.4, 0.5) is 0 Å². The van der Waals surface area contributed by atoms with Gasteiger partial charge in [0, 0.05) is 5.75 Å². The molecule has 0 aromatic carbocycles. The van der Waals surface area contributed by atoms with Gasteiger partial charge in [-0.25, -0.2) is 0 Å². The SMILES string of the molecule is CSCC(C(N)=O)C(=O)O. The van der Waals surface area contributed by atoms with Crippen LogP contribution >= 0.6 is 11.8 Å². The quantitative estimate of drug-likeness (QED) is 0.549. The van der Waals surface area contributed by atoms with Crippen LogP contribution in [0.3, 0.4) is 0 Å². The van der Waals surface area contributed by atoms with E-state index in [2.05, 4.69) is 0 Å². The number of primary amides is 1. The lowest BCUT2D eigenvalue weighted by molar-refractivity contribution is -0.144.